The minimum absolute atomic E-state index is 0.258. The van der Waals surface area contributed by atoms with Gasteiger partial charge in [0.2, 0.25) is 0 Å². The van der Waals surface area contributed by atoms with Gasteiger partial charge < -0.3 is 19.5 Å². The van der Waals surface area contributed by atoms with E-state index < -0.39 is 17.4 Å². The van der Waals surface area contributed by atoms with Crippen LogP contribution in [0.3, 0.4) is 0 Å². The lowest BCUT2D eigenvalue weighted by atomic mass is 10.1. The molecule has 0 aliphatic heterocycles. The summed E-state index contributed by atoms with van der Waals surface area (Å²) in [6.07, 6.45) is 1.50. The molecule has 3 rings (SSSR count). The highest BCUT2D eigenvalue weighted by molar-refractivity contribution is 5.88. The molecule has 7 heteroatoms. The van der Waals surface area contributed by atoms with E-state index in [0.717, 1.165) is 12.1 Å². The molecule has 0 atom stereocenters. The van der Waals surface area contributed by atoms with E-state index in [9.17, 15) is 8.78 Å². The smallest absolute Gasteiger partial charge is 0.198 e. The van der Waals surface area contributed by atoms with Crippen LogP contribution in [0.4, 0.5) is 14.5 Å². The Hall–Kier alpha value is -3.09. The molecule has 0 aliphatic rings. The standard InChI is InChI=1S/C19H18F2N2O3/c1-4-25-18-9-12-15(10-17(18)24-3)23-6-5-16(12)26-19-13(20)7-11(22-2)8-14(19)21/h5-10,22H,4H2,1-3H3. The molecule has 0 saturated carbocycles. The van der Waals surface area contributed by atoms with Crippen LogP contribution in [-0.2, 0) is 0 Å². The largest absolute Gasteiger partial charge is 0.493 e. The van der Waals surface area contributed by atoms with Gasteiger partial charge in [-0.3, -0.25) is 4.98 Å². The van der Waals surface area contributed by atoms with E-state index in [1.165, 1.54) is 19.4 Å². The van der Waals surface area contributed by atoms with Crippen molar-refractivity contribution in [3.63, 3.8) is 0 Å². The Morgan fingerprint density at radius 1 is 1.04 bits per heavy atom. The Labute approximate surface area is 149 Å². The number of halogens is 2. The van der Waals surface area contributed by atoms with Crippen molar-refractivity contribution in [3.05, 3.63) is 48.2 Å². The minimum atomic E-state index is -0.808. The molecule has 136 valence electrons. The number of ether oxygens (including phenoxy) is 3. The van der Waals surface area contributed by atoms with E-state index >= 15 is 0 Å². The number of methoxy groups -OCH3 is 1. The third-order valence-corrected chi connectivity index (χ3v) is 3.79. The number of benzene rings is 2. The predicted molar refractivity (Wildman–Crippen MR) is 95.4 cm³/mol. The van der Waals surface area contributed by atoms with E-state index in [1.807, 2.05) is 6.92 Å². The SMILES string of the molecule is CCOc1cc2c(Oc3c(F)cc(NC)cc3F)ccnc2cc1OC. The number of hydrogen-bond acceptors (Lipinski definition) is 5. The lowest BCUT2D eigenvalue weighted by Crippen LogP contribution is -1.98. The van der Waals surface area contributed by atoms with E-state index in [4.69, 9.17) is 14.2 Å². The highest BCUT2D eigenvalue weighted by Gasteiger charge is 2.17. The van der Waals surface area contributed by atoms with Gasteiger partial charge in [0.05, 0.1) is 19.2 Å². The number of hydrogen-bond donors (Lipinski definition) is 1. The molecule has 0 fully saturated rings. The second kappa shape index (κ2) is 7.43. The van der Waals surface area contributed by atoms with Crippen LogP contribution in [-0.4, -0.2) is 25.7 Å². The lowest BCUT2D eigenvalue weighted by Gasteiger charge is -2.14. The Bertz CT molecular complexity index is 924. The van der Waals surface area contributed by atoms with Crippen LogP contribution >= 0.6 is 0 Å². The molecule has 2 aromatic carbocycles. The number of aromatic nitrogens is 1. The van der Waals surface area contributed by atoms with Gasteiger partial charge >= 0.3 is 0 Å². The molecule has 0 unspecified atom stereocenters. The summed E-state index contributed by atoms with van der Waals surface area (Å²) >= 11 is 0. The van der Waals surface area contributed by atoms with Crippen LogP contribution in [0.15, 0.2) is 36.5 Å². The van der Waals surface area contributed by atoms with Crippen molar-refractivity contribution in [1.82, 2.24) is 4.98 Å². The molecule has 1 heterocycles. The van der Waals surface area contributed by atoms with Crippen molar-refractivity contribution in [2.24, 2.45) is 0 Å². The fourth-order valence-corrected chi connectivity index (χ4v) is 2.56. The number of anilines is 1. The third kappa shape index (κ3) is 3.33. The first-order valence-corrected chi connectivity index (χ1v) is 8.01. The molecule has 1 N–H and O–H groups in total. The van der Waals surface area contributed by atoms with Crippen molar-refractivity contribution in [2.75, 3.05) is 26.1 Å². The quantitative estimate of drug-likeness (QED) is 0.687. The van der Waals surface area contributed by atoms with Gasteiger partial charge in [-0.15, -0.1) is 0 Å². The summed E-state index contributed by atoms with van der Waals surface area (Å²) in [6, 6.07) is 7.23. The van der Waals surface area contributed by atoms with Crippen LogP contribution < -0.4 is 19.5 Å². The van der Waals surface area contributed by atoms with Gasteiger partial charge in [-0.2, -0.15) is 0 Å². The zero-order valence-corrected chi connectivity index (χ0v) is 14.6. The molecule has 0 radical (unpaired) electrons. The summed E-state index contributed by atoms with van der Waals surface area (Å²) in [5, 5.41) is 3.24. The van der Waals surface area contributed by atoms with E-state index in [-0.39, 0.29) is 5.75 Å². The Balaban J connectivity index is 2.10. The first-order valence-electron chi connectivity index (χ1n) is 8.01. The van der Waals surface area contributed by atoms with Crippen LogP contribution in [0.1, 0.15) is 6.92 Å². The second-order valence-corrected chi connectivity index (χ2v) is 5.38. The Morgan fingerprint density at radius 3 is 2.38 bits per heavy atom. The number of pyridine rings is 1. The summed E-state index contributed by atoms with van der Waals surface area (Å²) in [5.41, 5.74) is 0.866. The molecular weight excluding hydrogens is 342 g/mol. The summed E-state index contributed by atoms with van der Waals surface area (Å²) in [7, 11) is 3.10. The van der Waals surface area contributed by atoms with E-state index in [0.29, 0.717) is 34.7 Å². The first-order chi connectivity index (χ1) is 12.6. The Kier molecular flexibility index (Phi) is 5.06. The van der Waals surface area contributed by atoms with Crippen LogP contribution in [0.2, 0.25) is 0 Å². The van der Waals surface area contributed by atoms with E-state index in [1.54, 1.807) is 19.2 Å². The van der Waals surface area contributed by atoms with Crippen molar-refractivity contribution < 1.29 is 23.0 Å². The predicted octanol–water partition coefficient (Wildman–Crippen LogP) is 4.75. The summed E-state index contributed by atoms with van der Waals surface area (Å²) in [5.74, 6) is -0.832. The van der Waals surface area contributed by atoms with Gasteiger partial charge in [0.1, 0.15) is 5.75 Å². The van der Waals surface area contributed by atoms with Gasteiger partial charge in [-0.1, -0.05) is 0 Å². The molecule has 5 nitrogen and oxygen atoms in total. The Morgan fingerprint density at radius 2 is 1.77 bits per heavy atom. The van der Waals surface area contributed by atoms with Gasteiger partial charge in [-0.05, 0) is 19.1 Å². The number of fused-ring (bicyclic) bond motifs is 1. The topological polar surface area (TPSA) is 52.6 Å². The molecule has 0 bridgehead atoms. The molecular formula is C19H18F2N2O3. The summed E-state index contributed by atoms with van der Waals surface area (Å²) in [4.78, 5) is 4.25. The third-order valence-electron chi connectivity index (χ3n) is 3.79. The normalized spacial score (nSPS) is 10.7. The average molecular weight is 360 g/mol. The van der Waals surface area contributed by atoms with Gasteiger partial charge in [-0.25, -0.2) is 8.78 Å². The monoisotopic (exact) mass is 360 g/mol. The molecule has 0 spiro atoms. The van der Waals surface area contributed by atoms with Gasteiger partial charge in [0, 0.05) is 42.5 Å². The molecule has 3 aromatic rings. The van der Waals surface area contributed by atoms with Crippen LogP contribution in [0.25, 0.3) is 10.9 Å². The number of nitrogens with one attached hydrogen (secondary N) is 1. The van der Waals surface area contributed by atoms with Gasteiger partial charge in [0.15, 0.2) is 28.9 Å². The minimum Gasteiger partial charge on any atom is -0.493 e. The molecule has 0 aliphatic carbocycles. The van der Waals surface area contributed by atoms with Crippen molar-refractivity contribution in [2.45, 2.75) is 6.92 Å². The number of nitrogens with zero attached hydrogens (tertiary/aromatic N) is 1. The molecule has 0 amide bonds. The first kappa shape index (κ1) is 17.7. The summed E-state index contributed by atoms with van der Waals surface area (Å²) in [6.45, 7) is 2.28. The van der Waals surface area contributed by atoms with Crippen molar-refractivity contribution >= 4 is 16.6 Å². The summed E-state index contributed by atoms with van der Waals surface area (Å²) < 4.78 is 44.9. The second-order valence-electron chi connectivity index (χ2n) is 5.38. The highest BCUT2D eigenvalue weighted by Crippen LogP contribution is 2.38. The molecule has 26 heavy (non-hydrogen) atoms. The van der Waals surface area contributed by atoms with Crippen LogP contribution in [0, 0.1) is 11.6 Å². The van der Waals surface area contributed by atoms with Crippen molar-refractivity contribution in [1.29, 1.82) is 0 Å². The number of rotatable bonds is 6. The van der Waals surface area contributed by atoms with E-state index in [2.05, 4.69) is 10.3 Å². The van der Waals surface area contributed by atoms with Gasteiger partial charge in [0.25, 0.3) is 0 Å². The zero-order chi connectivity index (χ0) is 18.7. The maximum Gasteiger partial charge on any atom is 0.198 e. The lowest BCUT2D eigenvalue weighted by molar-refractivity contribution is 0.311. The molecule has 1 aromatic heterocycles. The zero-order valence-electron chi connectivity index (χ0n) is 14.6. The average Bonchev–Trinajstić information content (AvgIpc) is 2.64. The maximum absolute atomic E-state index is 14.2. The maximum atomic E-state index is 14.2. The molecule has 0 saturated heterocycles. The fraction of sp³-hybridized carbons (Fsp3) is 0.211. The fourth-order valence-electron chi connectivity index (χ4n) is 2.56. The van der Waals surface area contributed by atoms with Crippen molar-refractivity contribution in [3.8, 4) is 23.0 Å². The highest BCUT2D eigenvalue weighted by atomic mass is 19.1. The van der Waals surface area contributed by atoms with Crippen LogP contribution in [0.5, 0.6) is 23.0 Å².